The summed E-state index contributed by atoms with van der Waals surface area (Å²) in [7, 11) is 1.60. The molecule has 1 atom stereocenters. The highest BCUT2D eigenvalue weighted by Crippen LogP contribution is 2.40. The lowest BCUT2D eigenvalue weighted by Crippen LogP contribution is -2.25. The Kier molecular flexibility index (Phi) is 9.10. The van der Waals surface area contributed by atoms with Gasteiger partial charge < -0.3 is 15.2 Å². The van der Waals surface area contributed by atoms with Gasteiger partial charge in [-0.3, -0.25) is 9.59 Å². The Labute approximate surface area is 204 Å². The van der Waals surface area contributed by atoms with Crippen LogP contribution >= 0.6 is 11.8 Å². The van der Waals surface area contributed by atoms with Crippen molar-refractivity contribution in [2.75, 3.05) is 13.7 Å². The first-order valence-corrected chi connectivity index (χ1v) is 12.1. The van der Waals surface area contributed by atoms with Crippen LogP contribution in [-0.2, 0) is 4.79 Å². The van der Waals surface area contributed by atoms with E-state index in [2.05, 4.69) is 48.4 Å². The van der Waals surface area contributed by atoms with Crippen LogP contribution in [0.2, 0.25) is 0 Å². The number of carboxylic acids is 1. The summed E-state index contributed by atoms with van der Waals surface area (Å²) in [5, 5.41) is 11.6. The molecule has 0 bridgehead atoms. The molecular weight excluding hydrogens is 448 g/mol. The molecule has 2 aromatic carbocycles. The van der Waals surface area contributed by atoms with Gasteiger partial charge in [0.2, 0.25) is 5.88 Å². The third-order valence-corrected chi connectivity index (χ3v) is 6.56. The standard InChI is InChI=1S/C27H30N2O4S/c1-18(2)16-24(20-4-6-21(7-5-20)27(32)28-15-14-26(30)31)34-23-11-8-19(9-12-23)22-10-13-25(33-3)29-17-22/h4-13,17-18,24H,14-16H2,1-3H3,(H,28,32)(H,30,31). The Hall–Kier alpha value is -3.32. The zero-order valence-electron chi connectivity index (χ0n) is 19.7. The Morgan fingerprint density at radius 3 is 2.24 bits per heavy atom. The number of carbonyl (C=O) groups excluding carboxylic acids is 1. The molecule has 3 rings (SSSR count). The topological polar surface area (TPSA) is 88.5 Å². The molecular formula is C27H30N2O4S. The number of rotatable bonds is 11. The maximum Gasteiger partial charge on any atom is 0.305 e. The quantitative estimate of drug-likeness (QED) is 0.337. The second-order valence-electron chi connectivity index (χ2n) is 8.37. The molecule has 1 heterocycles. The summed E-state index contributed by atoms with van der Waals surface area (Å²) in [5.41, 5.74) is 3.82. The minimum atomic E-state index is -0.933. The van der Waals surface area contributed by atoms with Crippen LogP contribution in [-0.4, -0.2) is 35.6 Å². The maximum atomic E-state index is 12.2. The average Bonchev–Trinajstić information content (AvgIpc) is 2.84. The molecule has 0 saturated heterocycles. The molecule has 7 heteroatoms. The van der Waals surface area contributed by atoms with Crippen molar-refractivity contribution in [1.29, 1.82) is 0 Å². The van der Waals surface area contributed by atoms with Crippen molar-refractivity contribution in [1.82, 2.24) is 10.3 Å². The highest BCUT2D eigenvalue weighted by molar-refractivity contribution is 7.99. The van der Waals surface area contributed by atoms with E-state index >= 15 is 0 Å². The highest BCUT2D eigenvalue weighted by Gasteiger charge is 2.16. The maximum absolute atomic E-state index is 12.2. The number of hydrogen-bond donors (Lipinski definition) is 2. The van der Waals surface area contributed by atoms with E-state index in [-0.39, 0.29) is 24.1 Å². The first-order chi connectivity index (χ1) is 16.4. The normalized spacial score (nSPS) is 11.8. The van der Waals surface area contributed by atoms with Gasteiger partial charge in [0.05, 0.1) is 13.5 Å². The van der Waals surface area contributed by atoms with E-state index in [9.17, 15) is 9.59 Å². The fourth-order valence-corrected chi connectivity index (χ4v) is 4.87. The average molecular weight is 479 g/mol. The number of ether oxygens (including phenoxy) is 1. The van der Waals surface area contributed by atoms with Crippen LogP contribution in [0.25, 0.3) is 11.1 Å². The van der Waals surface area contributed by atoms with Gasteiger partial charge in [-0.15, -0.1) is 11.8 Å². The Bertz CT molecular complexity index is 1080. The first-order valence-electron chi connectivity index (χ1n) is 11.2. The summed E-state index contributed by atoms with van der Waals surface area (Å²) < 4.78 is 5.13. The van der Waals surface area contributed by atoms with Gasteiger partial charge in [0, 0.05) is 40.1 Å². The summed E-state index contributed by atoms with van der Waals surface area (Å²) in [6.45, 7) is 4.53. The number of carbonyl (C=O) groups is 2. The summed E-state index contributed by atoms with van der Waals surface area (Å²) in [4.78, 5) is 28.3. The lowest BCUT2D eigenvalue weighted by atomic mass is 10.0. The van der Waals surface area contributed by atoms with E-state index in [4.69, 9.17) is 9.84 Å². The first kappa shape index (κ1) is 25.3. The van der Waals surface area contributed by atoms with Crippen LogP contribution in [0.3, 0.4) is 0 Å². The number of thioether (sulfide) groups is 1. The van der Waals surface area contributed by atoms with Crippen LogP contribution in [0.5, 0.6) is 5.88 Å². The monoisotopic (exact) mass is 478 g/mol. The number of hydrogen-bond acceptors (Lipinski definition) is 5. The number of nitrogens with one attached hydrogen (secondary N) is 1. The number of carboxylic acid groups (broad SMARTS) is 1. The molecule has 3 aromatic rings. The van der Waals surface area contributed by atoms with E-state index < -0.39 is 5.97 Å². The molecule has 0 aliphatic heterocycles. The molecule has 6 nitrogen and oxygen atoms in total. The second kappa shape index (κ2) is 12.2. The molecule has 0 aliphatic carbocycles. The van der Waals surface area contributed by atoms with Gasteiger partial charge in [-0.2, -0.15) is 0 Å². The number of aliphatic carboxylic acids is 1. The SMILES string of the molecule is COc1ccc(-c2ccc(SC(CC(C)C)c3ccc(C(=O)NCCC(=O)O)cc3)cc2)cn1. The second-order valence-corrected chi connectivity index (χ2v) is 9.65. The van der Waals surface area contributed by atoms with E-state index in [1.54, 1.807) is 19.2 Å². The molecule has 1 amide bonds. The van der Waals surface area contributed by atoms with Gasteiger partial charge in [0.15, 0.2) is 0 Å². The van der Waals surface area contributed by atoms with Crippen molar-refractivity contribution in [3.8, 4) is 17.0 Å². The van der Waals surface area contributed by atoms with Gasteiger partial charge in [-0.05, 0) is 53.8 Å². The molecule has 2 N–H and O–H groups in total. The van der Waals surface area contributed by atoms with Crippen molar-refractivity contribution < 1.29 is 19.4 Å². The Morgan fingerprint density at radius 2 is 1.68 bits per heavy atom. The van der Waals surface area contributed by atoms with E-state index in [1.807, 2.05) is 42.2 Å². The van der Waals surface area contributed by atoms with Crippen LogP contribution in [0.1, 0.15) is 47.9 Å². The van der Waals surface area contributed by atoms with E-state index in [0.717, 1.165) is 23.1 Å². The van der Waals surface area contributed by atoms with Gasteiger partial charge in [0.25, 0.3) is 5.91 Å². The predicted molar refractivity (Wildman–Crippen MR) is 135 cm³/mol. The summed E-state index contributed by atoms with van der Waals surface area (Å²) >= 11 is 1.81. The van der Waals surface area contributed by atoms with Gasteiger partial charge >= 0.3 is 5.97 Å². The summed E-state index contributed by atoms with van der Waals surface area (Å²) in [6.07, 6.45) is 2.71. The van der Waals surface area contributed by atoms with Crippen LogP contribution in [0.15, 0.2) is 71.8 Å². The number of amides is 1. The van der Waals surface area contributed by atoms with E-state index in [1.165, 1.54) is 4.90 Å². The summed E-state index contributed by atoms with van der Waals surface area (Å²) in [5.74, 6) is -0.0836. The molecule has 0 aliphatic rings. The molecule has 0 spiro atoms. The van der Waals surface area contributed by atoms with Crippen LogP contribution in [0.4, 0.5) is 0 Å². The van der Waals surface area contributed by atoms with Crippen molar-refractivity contribution >= 4 is 23.6 Å². The molecule has 0 saturated carbocycles. The Morgan fingerprint density at radius 1 is 1.00 bits per heavy atom. The molecule has 34 heavy (non-hydrogen) atoms. The third-order valence-electron chi connectivity index (χ3n) is 5.27. The van der Waals surface area contributed by atoms with Crippen molar-refractivity contribution in [2.24, 2.45) is 5.92 Å². The van der Waals surface area contributed by atoms with Gasteiger partial charge in [-0.1, -0.05) is 38.1 Å². The lowest BCUT2D eigenvalue weighted by Gasteiger charge is -2.20. The number of pyridine rings is 1. The fraction of sp³-hybridized carbons (Fsp3) is 0.296. The van der Waals surface area contributed by atoms with Crippen molar-refractivity contribution in [3.05, 3.63) is 78.0 Å². The van der Waals surface area contributed by atoms with Crippen molar-refractivity contribution in [3.63, 3.8) is 0 Å². The Balaban J connectivity index is 1.69. The minimum absolute atomic E-state index is 0.0926. The number of nitrogens with zero attached hydrogens (tertiary/aromatic N) is 1. The highest BCUT2D eigenvalue weighted by atomic mass is 32.2. The molecule has 178 valence electrons. The number of aromatic nitrogens is 1. The van der Waals surface area contributed by atoms with E-state index in [0.29, 0.717) is 17.4 Å². The molecule has 1 unspecified atom stereocenters. The minimum Gasteiger partial charge on any atom is -0.481 e. The van der Waals surface area contributed by atoms with Crippen molar-refractivity contribution in [2.45, 2.75) is 36.8 Å². The smallest absolute Gasteiger partial charge is 0.305 e. The third kappa shape index (κ3) is 7.35. The zero-order chi connectivity index (χ0) is 24.5. The largest absolute Gasteiger partial charge is 0.481 e. The fourth-order valence-electron chi connectivity index (χ4n) is 3.48. The molecule has 0 fully saturated rings. The number of methoxy groups -OCH3 is 1. The summed E-state index contributed by atoms with van der Waals surface area (Å²) in [6, 6.07) is 19.9. The molecule has 0 radical (unpaired) electrons. The van der Waals surface area contributed by atoms with Crippen LogP contribution < -0.4 is 10.1 Å². The van der Waals surface area contributed by atoms with Gasteiger partial charge in [0.1, 0.15) is 0 Å². The number of benzene rings is 2. The van der Waals surface area contributed by atoms with Gasteiger partial charge in [-0.25, -0.2) is 4.98 Å². The molecule has 1 aromatic heterocycles. The predicted octanol–water partition coefficient (Wildman–Crippen LogP) is 5.84. The zero-order valence-corrected chi connectivity index (χ0v) is 20.5. The van der Waals surface area contributed by atoms with Crippen LogP contribution in [0, 0.1) is 5.92 Å². The lowest BCUT2D eigenvalue weighted by molar-refractivity contribution is -0.136.